The van der Waals surface area contributed by atoms with Crippen LogP contribution in [0.25, 0.3) is 27.4 Å². The molecule has 0 saturated carbocycles. The third-order valence-electron chi connectivity index (χ3n) is 2.88. The molecule has 0 atom stereocenters. The Labute approximate surface area is 117 Å². The summed E-state index contributed by atoms with van der Waals surface area (Å²) in [5, 5.41) is 15.4. The Morgan fingerprint density at radius 2 is 1.90 bits per heavy atom. The summed E-state index contributed by atoms with van der Waals surface area (Å²) in [6.45, 7) is 0. The van der Waals surface area contributed by atoms with Crippen LogP contribution in [0.15, 0.2) is 48.1 Å². The SMILES string of the molecule is c1ccc(-c2nnn(-c3ncnc4sccc34)n2)cc1. The lowest BCUT2D eigenvalue weighted by molar-refractivity contribution is 0.705. The summed E-state index contributed by atoms with van der Waals surface area (Å²) in [7, 11) is 0. The van der Waals surface area contributed by atoms with Crippen LogP contribution in [0, 0.1) is 0 Å². The molecule has 96 valence electrons. The van der Waals surface area contributed by atoms with Gasteiger partial charge in [0.2, 0.25) is 5.82 Å². The normalized spacial score (nSPS) is 11.0. The fraction of sp³-hybridized carbons (Fsp3) is 0. The van der Waals surface area contributed by atoms with Crippen molar-refractivity contribution in [1.29, 1.82) is 0 Å². The van der Waals surface area contributed by atoms with E-state index in [1.807, 2.05) is 41.8 Å². The van der Waals surface area contributed by atoms with Crippen LogP contribution in [0.3, 0.4) is 0 Å². The van der Waals surface area contributed by atoms with E-state index in [0.29, 0.717) is 11.6 Å². The summed E-state index contributed by atoms with van der Waals surface area (Å²) in [4.78, 5) is 10.8. The summed E-state index contributed by atoms with van der Waals surface area (Å²) in [5.74, 6) is 1.22. The highest BCUT2D eigenvalue weighted by Gasteiger charge is 2.11. The summed E-state index contributed by atoms with van der Waals surface area (Å²) in [5.41, 5.74) is 0.925. The van der Waals surface area contributed by atoms with Gasteiger partial charge in [-0.1, -0.05) is 30.3 Å². The van der Waals surface area contributed by atoms with Crippen molar-refractivity contribution in [3.63, 3.8) is 0 Å². The predicted octanol–water partition coefficient (Wildman–Crippen LogP) is 2.33. The average molecular weight is 280 g/mol. The van der Waals surface area contributed by atoms with E-state index in [2.05, 4.69) is 25.4 Å². The van der Waals surface area contributed by atoms with Crippen LogP contribution in [0.5, 0.6) is 0 Å². The molecule has 0 N–H and O–H groups in total. The number of thiophene rings is 1. The van der Waals surface area contributed by atoms with Crippen molar-refractivity contribution in [2.45, 2.75) is 0 Å². The topological polar surface area (TPSA) is 69.4 Å². The van der Waals surface area contributed by atoms with Gasteiger partial charge in [0.05, 0.1) is 5.39 Å². The van der Waals surface area contributed by atoms with Gasteiger partial charge in [0, 0.05) is 5.56 Å². The number of aromatic nitrogens is 6. The molecule has 0 amide bonds. The molecule has 3 heterocycles. The Morgan fingerprint density at radius 3 is 2.80 bits per heavy atom. The molecule has 0 fully saturated rings. The summed E-state index contributed by atoms with van der Waals surface area (Å²) in [6, 6.07) is 11.7. The highest BCUT2D eigenvalue weighted by Crippen LogP contribution is 2.22. The third-order valence-corrected chi connectivity index (χ3v) is 3.70. The van der Waals surface area contributed by atoms with Crippen LogP contribution in [0.4, 0.5) is 0 Å². The molecule has 1 aromatic carbocycles. The van der Waals surface area contributed by atoms with Gasteiger partial charge in [-0.3, -0.25) is 0 Å². The van der Waals surface area contributed by atoms with Crippen LogP contribution in [0.1, 0.15) is 0 Å². The zero-order chi connectivity index (χ0) is 13.4. The van der Waals surface area contributed by atoms with Crippen LogP contribution in [0.2, 0.25) is 0 Å². The Balaban J connectivity index is 1.84. The van der Waals surface area contributed by atoms with Gasteiger partial charge in [-0.05, 0) is 16.7 Å². The lowest BCUT2D eigenvalue weighted by Crippen LogP contribution is -2.02. The van der Waals surface area contributed by atoms with Gasteiger partial charge in [0.15, 0.2) is 5.82 Å². The quantitative estimate of drug-likeness (QED) is 0.563. The first kappa shape index (κ1) is 11.2. The molecule has 0 saturated heterocycles. The Kier molecular flexibility index (Phi) is 2.49. The maximum Gasteiger partial charge on any atom is 0.205 e. The van der Waals surface area contributed by atoms with Gasteiger partial charge in [0.25, 0.3) is 0 Å². The number of nitrogens with zero attached hydrogens (tertiary/aromatic N) is 6. The smallest absolute Gasteiger partial charge is 0.205 e. The molecule has 4 rings (SSSR count). The fourth-order valence-electron chi connectivity index (χ4n) is 1.94. The standard InChI is InChI=1S/C13H8N6S/c1-2-4-9(5-3-1)11-16-18-19(17-11)12-10-6-7-20-13(10)15-8-14-12/h1-8H. The highest BCUT2D eigenvalue weighted by atomic mass is 32.1. The second-order valence-corrected chi connectivity index (χ2v) is 5.00. The van der Waals surface area contributed by atoms with Crippen molar-refractivity contribution in [1.82, 2.24) is 30.2 Å². The van der Waals surface area contributed by atoms with Crippen LogP contribution < -0.4 is 0 Å². The third kappa shape index (κ3) is 1.76. The zero-order valence-corrected chi connectivity index (χ0v) is 11.0. The summed E-state index contributed by atoms with van der Waals surface area (Å²) >= 11 is 1.56. The number of hydrogen-bond donors (Lipinski definition) is 0. The van der Waals surface area contributed by atoms with Crippen molar-refractivity contribution in [2.24, 2.45) is 0 Å². The fourth-order valence-corrected chi connectivity index (χ4v) is 2.67. The minimum atomic E-state index is 0.576. The van der Waals surface area contributed by atoms with Gasteiger partial charge in [0.1, 0.15) is 11.2 Å². The molecule has 0 bridgehead atoms. The van der Waals surface area contributed by atoms with Crippen molar-refractivity contribution in [3.05, 3.63) is 48.1 Å². The number of benzene rings is 1. The maximum absolute atomic E-state index is 4.39. The molecule has 0 radical (unpaired) electrons. The lowest BCUT2D eigenvalue weighted by atomic mass is 10.2. The van der Waals surface area contributed by atoms with Crippen LogP contribution in [-0.2, 0) is 0 Å². The molecule has 3 aromatic heterocycles. The first-order valence-electron chi connectivity index (χ1n) is 5.96. The van der Waals surface area contributed by atoms with E-state index in [9.17, 15) is 0 Å². The zero-order valence-electron chi connectivity index (χ0n) is 10.2. The molecule has 0 spiro atoms. The van der Waals surface area contributed by atoms with E-state index in [0.717, 1.165) is 15.8 Å². The number of rotatable bonds is 2. The van der Waals surface area contributed by atoms with E-state index >= 15 is 0 Å². The molecule has 0 aliphatic heterocycles. The van der Waals surface area contributed by atoms with Gasteiger partial charge < -0.3 is 0 Å². The second kappa shape index (κ2) is 4.46. The predicted molar refractivity (Wildman–Crippen MR) is 75.6 cm³/mol. The van der Waals surface area contributed by atoms with Crippen molar-refractivity contribution in [3.8, 4) is 17.2 Å². The molecular formula is C13H8N6S. The van der Waals surface area contributed by atoms with E-state index in [4.69, 9.17) is 0 Å². The van der Waals surface area contributed by atoms with E-state index in [1.165, 1.54) is 11.1 Å². The molecule has 0 aliphatic carbocycles. The van der Waals surface area contributed by atoms with Crippen molar-refractivity contribution >= 4 is 21.6 Å². The minimum Gasteiger partial charge on any atom is -0.225 e. The molecular weight excluding hydrogens is 272 g/mol. The molecule has 0 unspecified atom stereocenters. The van der Waals surface area contributed by atoms with Gasteiger partial charge in [-0.2, -0.15) is 0 Å². The first-order chi connectivity index (χ1) is 9.92. The van der Waals surface area contributed by atoms with Crippen molar-refractivity contribution < 1.29 is 0 Å². The van der Waals surface area contributed by atoms with Crippen molar-refractivity contribution in [2.75, 3.05) is 0 Å². The summed E-state index contributed by atoms with van der Waals surface area (Å²) < 4.78 is 0. The summed E-state index contributed by atoms with van der Waals surface area (Å²) in [6.07, 6.45) is 1.51. The lowest BCUT2D eigenvalue weighted by Gasteiger charge is -1.98. The largest absolute Gasteiger partial charge is 0.225 e. The Bertz CT molecular complexity index is 867. The van der Waals surface area contributed by atoms with E-state index < -0.39 is 0 Å². The number of tetrazole rings is 1. The van der Waals surface area contributed by atoms with Crippen LogP contribution >= 0.6 is 11.3 Å². The average Bonchev–Trinajstić information content (AvgIpc) is 3.17. The number of fused-ring (bicyclic) bond motifs is 1. The molecule has 7 heteroatoms. The van der Waals surface area contributed by atoms with Gasteiger partial charge >= 0.3 is 0 Å². The second-order valence-electron chi connectivity index (χ2n) is 4.11. The van der Waals surface area contributed by atoms with Gasteiger partial charge in [-0.25, -0.2) is 9.97 Å². The van der Waals surface area contributed by atoms with E-state index in [1.54, 1.807) is 11.3 Å². The Morgan fingerprint density at radius 1 is 1.00 bits per heavy atom. The number of hydrogen-bond acceptors (Lipinski definition) is 6. The molecule has 4 aromatic rings. The molecule has 0 aliphatic rings. The maximum atomic E-state index is 4.39. The molecule has 6 nitrogen and oxygen atoms in total. The van der Waals surface area contributed by atoms with E-state index in [-0.39, 0.29) is 0 Å². The monoisotopic (exact) mass is 280 g/mol. The highest BCUT2D eigenvalue weighted by molar-refractivity contribution is 7.16. The Hall–Kier alpha value is -2.67. The molecule has 20 heavy (non-hydrogen) atoms. The first-order valence-corrected chi connectivity index (χ1v) is 6.84. The minimum absolute atomic E-state index is 0.576. The van der Waals surface area contributed by atoms with Crippen LogP contribution in [-0.4, -0.2) is 30.2 Å². The van der Waals surface area contributed by atoms with Gasteiger partial charge in [-0.15, -0.1) is 26.3 Å².